The van der Waals surface area contributed by atoms with Gasteiger partial charge in [0.25, 0.3) is 0 Å². The second kappa shape index (κ2) is 5.43. The van der Waals surface area contributed by atoms with Gasteiger partial charge in [-0.15, -0.1) is 23.2 Å². The lowest BCUT2D eigenvalue weighted by Gasteiger charge is -2.10. The molecular weight excluding hydrogens is 287 g/mol. The first-order valence-electron chi connectivity index (χ1n) is 5.88. The van der Waals surface area contributed by atoms with E-state index in [1.807, 2.05) is 25.1 Å². The fraction of sp³-hybridized carbons (Fsp3) is 0.357. The number of allylic oxidation sites excluding steroid dienone is 1. The number of methoxy groups -OCH3 is 1. The van der Waals surface area contributed by atoms with Crippen molar-refractivity contribution in [1.82, 2.24) is 0 Å². The van der Waals surface area contributed by atoms with E-state index in [1.165, 1.54) is 7.11 Å². The van der Waals surface area contributed by atoms with Gasteiger partial charge in [0.2, 0.25) is 0 Å². The molecular formula is C14H14Cl2O3. The highest BCUT2D eigenvalue weighted by Gasteiger charge is 2.57. The molecule has 1 aromatic rings. The molecule has 19 heavy (non-hydrogen) atoms. The third kappa shape index (κ3) is 3.23. The van der Waals surface area contributed by atoms with Crippen LogP contribution >= 0.6 is 23.2 Å². The monoisotopic (exact) mass is 300 g/mol. The summed E-state index contributed by atoms with van der Waals surface area (Å²) in [5, 5.41) is 0. The molecule has 1 unspecified atom stereocenters. The summed E-state index contributed by atoms with van der Waals surface area (Å²) in [5.74, 6) is -0.0195. The first-order chi connectivity index (χ1) is 8.97. The highest BCUT2D eigenvalue weighted by atomic mass is 35.5. The number of esters is 1. The Morgan fingerprint density at radius 1 is 1.42 bits per heavy atom. The van der Waals surface area contributed by atoms with Crippen LogP contribution in [0.1, 0.15) is 18.9 Å². The number of alkyl halides is 2. The lowest BCUT2D eigenvalue weighted by Crippen LogP contribution is -2.14. The van der Waals surface area contributed by atoms with Crippen LogP contribution < -0.4 is 9.47 Å². The highest BCUT2D eigenvalue weighted by molar-refractivity contribution is 6.52. The molecule has 0 N–H and O–H groups in total. The Kier molecular flexibility index (Phi) is 4.07. The lowest BCUT2D eigenvalue weighted by atomic mass is 10.2. The van der Waals surface area contributed by atoms with Crippen molar-refractivity contribution in [2.75, 3.05) is 7.11 Å². The topological polar surface area (TPSA) is 35.5 Å². The minimum Gasteiger partial charge on any atom is -0.493 e. The smallest absolute Gasteiger partial charge is 0.317 e. The van der Waals surface area contributed by atoms with Gasteiger partial charge in [-0.05, 0) is 31.0 Å². The van der Waals surface area contributed by atoms with Crippen molar-refractivity contribution in [3.05, 3.63) is 29.8 Å². The van der Waals surface area contributed by atoms with Gasteiger partial charge in [0.1, 0.15) is 4.33 Å². The number of hydrogen-bond acceptors (Lipinski definition) is 3. The maximum atomic E-state index is 11.8. The van der Waals surface area contributed by atoms with Gasteiger partial charge in [0.05, 0.1) is 13.0 Å². The molecule has 0 saturated heterocycles. The number of carbonyl (C=O) groups is 1. The van der Waals surface area contributed by atoms with Crippen LogP contribution in [0.15, 0.2) is 24.3 Å². The SMILES string of the molecule is C/C=C/c1ccc(OC(=O)C2CC2(Cl)Cl)c(OC)c1. The third-order valence-electron chi connectivity index (χ3n) is 2.87. The summed E-state index contributed by atoms with van der Waals surface area (Å²) in [7, 11) is 1.52. The lowest BCUT2D eigenvalue weighted by molar-refractivity contribution is -0.135. The van der Waals surface area contributed by atoms with Crippen LogP contribution in [0.3, 0.4) is 0 Å². The van der Waals surface area contributed by atoms with Crippen molar-refractivity contribution in [3.8, 4) is 11.5 Å². The van der Waals surface area contributed by atoms with Gasteiger partial charge >= 0.3 is 5.97 Å². The van der Waals surface area contributed by atoms with E-state index in [1.54, 1.807) is 12.1 Å². The minimum absolute atomic E-state index is 0.372. The molecule has 5 heteroatoms. The predicted molar refractivity (Wildman–Crippen MR) is 75.9 cm³/mol. The quantitative estimate of drug-likeness (QED) is 0.482. The van der Waals surface area contributed by atoms with E-state index in [0.717, 1.165) is 5.56 Å². The van der Waals surface area contributed by atoms with Gasteiger partial charge in [-0.2, -0.15) is 0 Å². The fourth-order valence-corrected chi connectivity index (χ4v) is 2.20. The third-order valence-corrected chi connectivity index (χ3v) is 3.70. The summed E-state index contributed by atoms with van der Waals surface area (Å²) in [4.78, 5) is 11.8. The molecule has 0 bridgehead atoms. The summed E-state index contributed by atoms with van der Waals surface area (Å²) in [5.41, 5.74) is 0.967. The van der Waals surface area contributed by atoms with E-state index < -0.39 is 16.2 Å². The molecule has 0 radical (unpaired) electrons. The average molecular weight is 301 g/mol. The Morgan fingerprint density at radius 3 is 2.63 bits per heavy atom. The van der Waals surface area contributed by atoms with Crippen LogP contribution in [-0.2, 0) is 4.79 Å². The van der Waals surface area contributed by atoms with E-state index in [4.69, 9.17) is 32.7 Å². The van der Waals surface area contributed by atoms with Crippen molar-refractivity contribution in [2.24, 2.45) is 5.92 Å². The zero-order valence-corrected chi connectivity index (χ0v) is 12.2. The highest BCUT2D eigenvalue weighted by Crippen LogP contribution is 2.53. The van der Waals surface area contributed by atoms with Gasteiger partial charge in [-0.3, -0.25) is 4.79 Å². The maximum Gasteiger partial charge on any atom is 0.317 e. The molecule has 1 aliphatic carbocycles. The second-order valence-electron chi connectivity index (χ2n) is 4.35. The molecule has 0 spiro atoms. The zero-order chi connectivity index (χ0) is 14.0. The van der Waals surface area contributed by atoms with Gasteiger partial charge in [-0.25, -0.2) is 0 Å². The molecule has 102 valence electrons. The zero-order valence-electron chi connectivity index (χ0n) is 10.7. The average Bonchev–Trinajstić information content (AvgIpc) is 3.01. The van der Waals surface area contributed by atoms with Crippen LogP contribution in [0.4, 0.5) is 0 Å². The van der Waals surface area contributed by atoms with Crippen LogP contribution in [0.5, 0.6) is 11.5 Å². The van der Waals surface area contributed by atoms with Gasteiger partial charge in [0.15, 0.2) is 11.5 Å². The molecule has 0 aliphatic heterocycles. The molecule has 2 rings (SSSR count). The van der Waals surface area contributed by atoms with E-state index in [2.05, 4.69) is 0 Å². The first-order valence-corrected chi connectivity index (χ1v) is 6.64. The molecule has 3 nitrogen and oxygen atoms in total. The standard InChI is InChI=1S/C14H14Cl2O3/c1-3-4-9-5-6-11(12(7-9)18-2)19-13(17)10-8-14(10,15)16/h3-7,10H,8H2,1-2H3/b4-3+. The largest absolute Gasteiger partial charge is 0.493 e. The summed E-state index contributed by atoms with van der Waals surface area (Å²) < 4.78 is 9.50. The van der Waals surface area contributed by atoms with Crippen LogP contribution in [-0.4, -0.2) is 17.4 Å². The molecule has 1 aliphatic rings. The minimum atomic E-state index is -0.977. The number of carbonyl (C=O) groups excluding carboxylic acids is 1. The molecule has 0 heterocycles. The van der Waals surface area contributed by atoms with E-state index >= 15 is 0 Å². The summed E-state index contributed by atoms with van der Waals surface area (Å²) in [6.07, 6.45) is 4.27. The summed E-state index contributed by atoms with van der Waals surface area (Å²) in [6, 6.07) is 5.33. The molecule has 0 aromatic heterocycles. The second-order valence-corrected chi connectivity index (χ2v) is 5.89. The van der Waals surface area contributed by atoms with Crippen LogP contribution in [0.25, 0.3) is 6.08 Å². The maximum absolute atomic E-state index is 11.8. The number of ether oxygens (including phenoxy) is 2. The van der Waals surface area contributed by atoms with Crippen molar-refractivity contribution in [2.45, 2.75) is 17.7 Å². The first kappa shape index (κ1) is 14.2. The van der Waals surface area contributed by atoms with Gasteiger partial charge in [0, 0.05) is 0 Å². The molecule has 1 saturated carbocycles. The summed E-state index contributed by atoms with van der Waals surface area (Å²) >= 11 is 11.7. The van der Waals surface area contributed by atoms with Crippen molar-refractivity contribution < 1.29 is 14.3 Å². The van der Waals surface area contributed by atoms with E-state index in [9.17, 15) is 4.79 Å². The molecule has 0 amide bonds. The Balaban J connectivity index is 2.14. The molecule has 1 atom stereocenters. The fourth-order valence-electron chi connectivity index (χ4n) is 1.71. The van der Waals surface area contributed by atoms with Crippen molar-refractivity contribution >= 4 is 35.2 Å². The van der Waals surface area contributed by atoms with Gasteiger partial charge < -0.3 is 9.47 Å². The van der Waals surface area contributed by atoms with E-state index in [0.29, 0.717) is 17.9 Å². The predicted octanol–water partition coefficient (Wildman–Crippen LogP) is 3.83. The number of halogens is 2. The summed E-state index contributed by atoms with van der Waals surface area (Å²) in [6.45, 7) is 1.92. The number of benzene rings is 1. The van der Waals surface area contributed by atoms with Crippen LogP contribution in [0, 0.1) is 5.92 Å². The normalized spacial score (nSPS) is 20.3. The Hall–Kier alpha value is -1.19. The van der Waals surface area contributed by atoms with E-state index in [-0.39, 0.29) is 0 Å². The Bertz CT molecular complexity index is 523. The van der Waals surface area contributed by atoms with Crippen molar-refractivity contribution in [3.63, 3.8) is 0 Å². The molecule has 1 aromatic carbocycles. The number of hydrogen-bond donors (Lipinski definition) is 0. The number of rotatable bonds is 4. The van der Waals surface area contributed by atoms with Crippen molar-refractivity contribution in [1.29, 1.82) is 0 Å². The Morgan fingerprint density at radius 2 is 2.11 bits per heavy atom. The van der Waals surface area contributed by atoms with Gasteiger partial charge in [-0.1, -0.05) is 18.2 Å². The molecule has 1 fully saturated rings. The van der Waals surface area contributed by atoms with Crippen LogP contribution in [0.2, 0.25) is 0 Å². The Labute approximate surface area is 122 Å².